The molecular weight excluding hydrogens is 358 g/mol. The zero-order valence-corrected chi connectivity index (χ0v) is 17.3. The molecule has 1 fully saturated rings. The van der Waals surface area contributed by atoms with Crippen LogP contribution < -0.4 is 16.0 Å². The van der Waals surface area contributed by atoms with Crippen LogP contribution in [-0.2, 0) is 12.8 Å². The second kappa shape index (κ2) is 9.79. The van der Waals surface area contributed by atoms with Gasteiger partial charge in [-0.25, -0.2) is 0 Å². The van der Waals surface area contributed by atoms with Crippen LogP contribution in [-0.4, -0.2) is 50.1 Å². The fourth-order valence-electron chi connectivity index (χ4n) is 4.35. The van der Waals surface area contributed by atoms with Crippen molar-refractivity contribution in [3.05, 3.63) is 59.7 Å². The molecule has 29 heavy (non-hydrogen) atoms. The highest BCUT2D eigenvalue weighted by Crippen LogP contribution is 2.24. The van der Waals surface area contributed by atoms with Crippen LogP contribution >= 0.6 is 0 Å². The van der Waals surface area contributed by atoms with Crippen LogP contribution in [0.4, 0.5) is 11.4 Å². The second-order valence-electron chi connectivity index (χ2n) is 8.10. The van der Waals surface area contributed by atoms with E-state index in [1.807, 2.05) is 0 Å². The molecule has 154 valence electrons. The molecule has 0 saturated carbocycles. The van der Waals surface area contributed by atoms with E-state index in [1.54, 1.807) is 0 Å². The number of hydrogen-bond acceptors (Lipinski definition) is 3. The van der Waals surface area contributed by atoms with Crippen LogP contribution in [0.15, 0.2) is 53.5 Å². The van der Waals surface area contributed by atoms with Crippen molar-refractivity contribution in [1.29, 1.82) is 0 Å². The van der Waals surface area contributed by atoms with Crippen molar-refractivity contribution in [2.45, 2.75) is 32.1 Å². The molecule has 0 aromatic heterocycles. The number of rotatable bonds is 7. The Balaban J connectivity index is 1.12. The first kappa shape index (κ1) is 19.8. The molecule has 3 N–H and O–H groups in total. The predicted octanol–water partition coefficient (Wildman–Crippen LogP) is 3.50. The number of unbranched alkanes of at least 4 members (excludes halogenated alkanes) is 1. The lowest BCUT2D eigenvalue weighted by Crippen LogP contribution is -2.46. The summed E-state index contributed by atoms with van der Waals surface area (Å²) >= 11 is 0. The lowest BCUT2D eigenvalue weighted by atomic mass is 10.1. The van der Waals surface area contributed by atoms with E-state index in [1.165, 1.54) is 42.5 Å². The number of aliphatic imine (C=N–C) groups is 1. The summed E-state index contributed by atoms with van der Waals surface area (Å²) in [5.41, 5.74) is 11.4. The fraction of sp³-hybridized carbons (Fsp3) is 0.458. The lowest BCUT2D eigenvalue weighted by molar-refractivity contribution is 0.253. The Morgan fingerprint density at radius 1 is 0.931 bits per heavy atom. The number of guanidine groups is 1. The van der Waals surface area contributed by atoms with Crippen LogP contribution in [0.5, 0.6) is 0 Å². The molecule has 1 saturated heterocycles. The molecule has 5 heteroatoms. The Bertz CT molecular complexity index is 809. The summed E-state index contributed by atoms with van der Waals surface area (Å²) < 4.78 is 0. The standard InChI is InChI=1S/C24H33N5/c25-24(27-22-12-11-20-7-6-8-21(20)19-22)26-13-4-5-14-28-15-17-29(18-16-28)23-9-2-1-3-10-23/h1-3,9-12,19H,4-8,13-18H2,(H3,25,26,27). The first-order chi connectivity index (χ1) is 14.3. The van der Waals surface area contributed by atoms with Gasteiger partial charge in [-0.1, -0.05) is 24.3 Å². The molecule has 1 aliphatic heterocycles. The molecule has 1 heterocycles. The van der Waals surface area contributed by atoms with Crippen molar-refractivity contribution < 1.29 is 0 Å². The van der Waals surface area contributed by atoms with Gasteiger partial charge in [0.25, 0.3) is 0 Å². The van der Waals surface area contributed by atoms with E-state index in [0.717, 1.165) is 51.4 Å². The Hall–Kier alpha value is -2.53. The average Bonchev–Trinajstić information content (AvgIpc) is 3.22. The molecule has 2 aliphatic rings. The van der Waals surface area contributed by atoms with Crippen LogP contribution in [0.3, 0.4) is 0 Å². The maximum absolute atomic E-state index is 6.07. The van der Waals surface area contributed by atoms with E-state index >= 15 is 0 Å². The van der Waals surface area contributed by atoms with Gasteiger partial charge in [0.1, 0.15) is 0 Å². The Morgan fingerprint density at radius 2 is 1.72 bits per heavy atom. The van der Waals surface area contributed by atoms with Gasteiger partial charge in [-0.05, 0) is 74.0 Å². The molecule has 5 nitrogen and oxygen atoms in total. The molecule has 0 radical (unpaired) electrons. The summed E-state index contributed by atoms with van der Waals surface area (Å²) in [6, 6.07) is 17.3. The van der Waals surface area contributed by atoms with Crippen LogP contribution in [0, 0.1) is 0 Å². The molecule has 0 amide bonds. The molecule has 2 aromatic rings. The van der Waals surface area contributed by atoms with Gasteiger partial charge in [-0.2, -0.15) is 0 Å². The van der Waals surface area contributed by atoms with Gasteiger partial charge >= 0.3 is 0 Å². The summed E-state index contributed by atoms with van der Waals surface area (Å²) in [5.74, 6) is 0.527. The number of nitrogens with one attached hydrogen (secondary N) is 1. The van der Waals surface area contributed by atoms with Crippen molar-refractivity contribution >= 4 is 17.3 Å². The summed E-state index contributed by atoms with van der Waals surface area (Å²) in [6.45, 7) is 6.43. The van der Waals surface area contributed by atoms with Crippen molar-refractivity contribution in [3.8, 4) is 0 Å². The van der Waals surface area contributed by atoms with Crippen molar-refractivity contribution in [3.63, 3.8) is 0 Å². The normalized spacial score (nSPS) is 17.4. The van der Waals surface area contributed by atoms with Crippen molar-refractivity contribution in [1.82, 2.24) is 4.90 Å². The molecule has 1 aliphatic carbocycles. The molecule has 0 atom stereocenters. The van der Waals surface area contributed by atoms with Crippen molar-refractivity contribution in [2.24, 2.45) is 10.7 Å². The molecule has 0 bridgehead atoms. The van der Waals surface area contributed by atoms with Crippen molar-refractivity contribution in [2.75, 3.05) is 49.5 Å². The first-order valence-corrected chi connectivity index (χ1v) is 11.0. The number of piperazine rings is 1. The topological polar surface area (TPSA) is 56.9 Å². The SMILES string of the molecule is NC(=NCCCCN1CCN(c2ccccc2)CC1)Nc1ccc2c(c1)CCC2. The van der Waals surface area contributed by atoms with Crippen LogP contribution in [0.1, 0.15) is 30.4 Å². The minimum Gasteiger partial charge on any atom is -0.370 e. The highest BCUT2D eigenvalue weighted by molar-refractivity contribution is 5.92. The van der Waals surface area contributed by atoms with Gasteiger partial charge in [0.2, 0.25) is 0 Å². The van der Waals surface area contributed by atoms with E-state index < -0.39 is 0 Å². The zero-order chi connectivity index (χ0) is 19.9. The van der Waals surface area contributed by atoms with E-state index in [4.69, 9.17) is 5.73 Å². The number of nitrogens with two attached hydrogens (primary N) is 1. The van der Waals surface area contributed by atoms with Gasteiger partial charge < -0.3 is 16.0 Å². The van der Waals surface area contributed by atoms with Gasteiger partial charge in [0, 0.05) is 44.1 Å². The van der Waals surface area contributed by atoms with Crippen LogP contribution in [0.25, 0.3) is 0 Å². The number of anilines is 2. The summed E-state index contributed by atoms with van der Waals surface area (Å²) in [4.78, 5) is 9.55. The smallest absolute Gasteiger partial charge is 0.193 e. The molecule has 4 rings (SSSR count). The second-order valence-corrected chi connectivity index (χ2v) is 8.10. The summed E-state index contributed by atoms with van der Waals surface area (Å²) in [5, 5.41) is 3.24. The third kappa shape index (κ3) is 5.51. The van der Waals surface area contributed by atoms with E-state index in [2.05, 4.69) is 68.6 Å². The Kier molecular flexibility index (Phi) is 6.67. The number of fused-ring (bicyclic) bond motifs is 1. The quantitative estimate of drug-likeness (QED) is 0.431. The largest absolute Gasteiger partial charge is 0.370 e. The fourth-order valence-corrected chi connectivity index (χ4v) is 4.35. The van der Waals surface area contributed by atoms with Gasteiger partial charge in [0.15, 0.2) is 5.96 Å². The van der Waals surface area contributed by atoms with Gasteiger partial charge in [0.05, 0.1) is 0 Å². The summed E-state index contributed by atoms with van der Waals surface area (Å²) in [6.07, 6.45) is 5.90. The summed E-state index contributed by atoms with van der Waals surface area (Å²) in [7, 11) is 0. The minimum absolute atomic E-state index is 0.527. The number of hydrogen-bond donors (Lipinski definition) is 2. The highest BCUT2D eigenvalue weighted by atomic mass is 15.3. The number of benzene rings is 2. The number of para-hydroxylation sites is 1. The average molecular weight is 392 g/mol. The van der Waals surface area contributed by atoms with E-state index in [9.17, 15) is 0 Å². The van der Waals surface area contributed by atoms with Gasteiger partial charge in [-0.15, -0.1) is 0 Å². The number of nitrogens with zero attached hydrogens (tertiary/aromatic N) is 3. The van der Waals surface area contributed by atoms with E-state index in [0.29, 0.717) is 5.96 Å². The molecule has 0 unspecified atom stereocenters. The van der Waals surface area contributed by atoms with E-state index in [-0.39, 0.29) is 0 Å². The first-order valence-electron chi connectivity index (χ1n) is 11.0. The lowest BCUT2D eigenvalue weighted by Gasteiger charge is -2.36. The Labute approximate surface area is 174 Å². The maximum atomic E-state index is 6.07. The highest BCUT2D eigenvalue weighted by Gasteiger charge is 2.16. The zero-order valence-electron chi connectivity index (χ0n) is 17.3. The molecule has 2 aromatic carbocycles. The van der Waals surface area contributed by atoms with Gasteiger partial charge in [-0.3, -0.25) is 9.89 Å². The maximum Gasteiger partial charge on any atom is 0.193 e. The molecular formula is C24H33N5. The third-order valence-corrected chi connectivity index (χ3v) is 6.03. The Morgan fingerprint density at radius 3 is 2.55 bits per heavy atom. The van der Waals surface area contributed by atoms with Crippen LogP contribution in [0.2, 0.25) is 0 Å². The number of aryl methyl sites for hydroxylation is 2. The monoisotopic (exact) mass is 391 g/mol. The third-order valence-electron chi connectivity index (χ3n) is 6.03. The predicted molar refractivity (Wildman–Crippen MR) is 123 cm³/mol. The minimum atomic E-state index is 0.527. The molecule has 0 spiro atoms.